The fourth-order valence-corrected chi connectivity index (χ4v) is 5.92. The van der Waals surface area contributed by atoms with Gasteiger partial charge < -0.3 is 29.9 Å². The molecule has 10 nitrogen and oxygen atoms in total. The van der Waals surface area contributed by atoms with E-state index in [0.29, 0.717) is 5.75 Å². The zero-order valence-electron chi connectivity index (χ0n) is 27.9. The molecule has 0 fully saturated rings. The van der Waals surface area contributed by atoms with Crippen LogP contribution in [0.4, 0.5) is 17.1 Å². The summed E-state index contributed by atoms with van der Waals surface area (Å²) in [6, 6.07) is 17.7. The van der Waals surface area contributed by atoms with Gasteiger partial charge in [-0.25, -0.2) is 9.41 Å². The first-order valence-corrected chi connectivity index (χ1v) is 16.1. The van der Waals surface area contributed by atoms with Gasteiger partial charge in [0.05, 0.1) is 11.4 Å². The Kier molecular flexibility index (Phi) is 10.6. The third-order valence-corrected chi connectivity index (χ3v) is 8.43. The van der Waals surface area contributed by atoms with Crippen LogP contribution in [0.5, 0.6) is 17.2 Å². The lowest BCUT2D eigenvalue weighted by molar-refractivity contribution is -0.354. The molecule has 0 amide bonds. The number of rotatable bonds is 6. The van der Waals surface area contributed by atoms with Gasteiger partial charge >= 0.3 is 5.75 Å². The van der Waals surface area contributed by atoms with E-state index in [0.717, 1.165) is 102 Å². The lowest BCUT2D eigenvalue weighted by Crippen LogP contribution is -2.22. The maximum atomic E-state index is 9.62. The van der Waals surface area contributed by atoms with Gasteiger partial charge in [0.2, 0.25) is 0 Å². The Balaban J connectivity index is 0.000000147. The number of aromatic hydroxyl groups is 1. The van der Waals surface area contributed by atoms with E-state index in [9.17, 15) is 5.11 Å². The van der Waals surface area contributed by atoms with Crippen LogP contribution in [0.1, 0.15) is 43.0 Å². The van der Waals surface area contributed by atoms with Gasteiger partial charge in [0.15, 0.2) is 22.8 Å². The van der Waals surface area contributed by atoms with Crippen molar-refractivity contribution in [2.45, 2.75) is 47.5 Å². The van der Waals surface area contributed by atoms with Gasteiger partial charge in [-0.2, -0.15) is 5.90 Å². The van der Waals surface area contributed by atoms with Gasteiger partial charge in [0.25, 0.3) is 6.79 Å². The highest BCUT2D eigenvalue weighted by Crippen LogP contribution is 2.34. The molecule has 0 spiro atoms. The molecule has 10 heteroatoms. The second-order valence-electron chi connectivity index (χ2n) is 11.5. The molecule has 0 saturated carbocycles. The van der Waals surface area contributed by atoms with E-state index in [-0.39, 0.29) is 5.75 Å². The Hall–Kier alpha value is -5.09. The van der Waals surface area contributed by atoms with Crippen molar-refractivity contribution < 1.29 is 18.8 Å². The number of phenolic OH excluding ortho intramolecular Hbond substituents is 1. The lowest BCUT2D eigenvalue weighted by Gasteiger charge is -2.23. The summed E-state index contributed by atoms with van der Waals surface area (Å²) in [5, 5.41) is 17.2. The number of nitrogens with zero attached hydrogens (tertiary/aromatic N) is 3. The molecule has 0 saturated heterocycles. The standard InChI is InChI=1S/C17H17N3O.C11H18N2O2.C9H10NO/c1-3-18-12-8-16-14(6-10(12)2)20-15-7-11-4-5-19-13(11)9-17(15)21-16;1-4-13(5-2)9-7-10(14)11(15-12)6-8(9)3;1-11-8-3-2-7-4-5-10-9(7)6-8/h6-9,19H,3-5H2,1-2H3;6-7,14H,4-5,12H2,1-3H3;2-3,6,10H,1,4-5H2/q;;+1. The second kappa shape index (κ2) is 15.0. The van der Waals surface area contributed by atoms with E-state index in [1.165, 1.54) is 16.8 Å². The molecule has 3 heterocycles. The summed E-state index contributed by atoms with van der Waals surface area (Å²) >= 11 is 0. The Bertz CT molecular complexity index is 1910. The van der Waals surface area contributed by atoms with Crippen LogP contribution >= 0.6 is 0 Å². The highest BCUT2D eigenvalue weighted by Gasteiger charge is 2.16. The van der Waals surface area contributed by atoms with Crippen LogP contribution in [-0.2, 0) is 17.3 Å². The highest BCUT2D eigenvalue weighted by atomic mass is 16.6. The van der Waals surface area contributed by atoms with E-state index < -0.39 is 0 Å². The number of carbonyl (C=O) groups excluding carboxylic acids is 1. The topological polar surface area (TPSA) is 132 Å². The number of fused-ring (bicyclic) bond motifs is 4. The van der Waals surface area contributed by atoms with Gasteiger partial charge in [-0.05, 0) is 94.0 Å². The first-order chi connectivity index (χ1) is 22.8. The summed E-state index contributed by atoms with van der Waals surface area (Å²) in [7, 11) is 0. The van der Waals surface area contributed by atoms with Crippen LogP contribution in [0.25, 0.3) is 22.6 Å². The molecular formula is C37H45N6O4+. The zero-order valence-corrected chi connectivity index (χ0v) is 27.9. The van der Waals surface area contributed by atoms with Crippen LogP contribution in [-0.4, -0.2) is 49.6 Å². The third-order valence-electron chi connectivity index (χ3n) is 8.43. The van der Waals surface area contributed by atoms with Crippen LogP contribution < -0.4 is 31.6 Å². The Morgan fingerprint density at radius 1 is 0.957 bits per heavy atom. The zero-order chi connectivity index (χ0) is 33.5. The largest absolute Gasteiger partial charge is 0.504 e. The first-order valence-electron chi connectivity index (χ1n) is 16.1. The number of hydrogen-bond acceptors (Lipinski definition) is 9. The monoisotopic (exact) mass is 637 g/mol. The van der Waals surface area contributed by atoms with Crippen molar-refractivity contribution in [2.24, 2.45) is 10.9 Å². The molecule has 7 rings (SSSR count). The van der Waals surface area contributed by atoms with Crippen LogP contribution in [0.3, 0.4) is 0 Å². The minimum absolute atomic E-state index is 0.0741. The highest BCUT2D eigenvalue weighted by molar-refractivity contribution is 5.82. The molecule has 47 heavy (non-hydrogen) atoms. The fourth-order valence-electron chi connectivity index (χ4n) is 5.92. The fraction of sp³-hybridized carbons (Fsp3) is 0.324. The molecule has 5 N–H and O–H groups in total. The van der Waals surface area contributed by atoms with Gasteiger partial charge in [-0.15, -0.1) is 0 Å². The van der Waals surface area contributed by atoms with Crippen LogP contribution in [0.15, 0.2) is 64.0 Å². The van der Waals surface area contributed by atoms with Gasteiger partial charge in [0, 0.05) is 74.1 Å². The van der Waals surface area contributed by atoms with Crippen molar-refractivity contribution in [2.75, 3.05) is 48.3 Å². The maximum absolute atomic E-state index is 9.62. The van der Waals surface area contributed by atoms with E-state index in [2.05, 4.69) is 77.2 Å². The Morgan fingerprint density at radius 3 is 2.36 bits per heavy atom. The van der Waals surface area contributed by atoms with Crippen molar-refractivity contribution in [1.29, 1.82) is 0 Å². The van der Waals surface area contributed by atoms with Crippen molar-refractivity contribution in [1.82, 2.24) is 4.98 Å². The number of benzene rings is 4. The molecule has 0 unspecified atom stereocenters. The minimum Gasteiger partial charge on any atom is -0.504 e. The minimum atomic E-state index is 0.0741. The van der Waals surface area contributed by atoms with Crippen LogP contribution in [0.2, 0.25) is 0 Å². The SMILES string of the molecule is C=[O+]c1ccc2c(c1)NCC2.CCN(CC)c1cc(O)c(ON)cc1C.CCN=c1cc2oc3cc4c(cc3nc-2cc1C)CCN4. The molecular weight excluding hydrogens is 592 g/mol. The molecule has 246 valence electrons. The summed E-state index contributed by atoms with van der Waals surface area (Å²) in [6.07, 6.45) is 2.17. The van der Waals surface area contributed by atoms with Crippen LogP contribution in [0, 0.1) is 13.8 Å². The Labute approximate surface area is 275 Å². The summed E-state index contributed by atoms with van der Waals surface area (Å²) < 4.78 is 10.9. The summed E-state index contributed by atoms with van der Waals surface area (Å²) in [5.41, 5.74) is 10.9. The third kappa shape index (κ3) is 7.49. The van der Waals surface area contributed by atoms with E-state index in [4.69, 9.17) is 19.7 Å². The van der Waals surface area contributed by atoms with Crippen molar-refractivity contribution in [3.05, 3.63) is 82.2 Å². The van der Waals surface area contributed by atoms with E-state index in [1.54, 1.807) is 12.1 Å². The lowest BCUT2D eigenvalue weighted by atomic mass is 10.1. The number of nitrogens with one attached hydrogen (secondary N) is 2. The number of anilines is 3. The van der Waals surface area contributed by atoms with Crippen molar-refractivity contribution in [3.8, 4) is 28.7 Å². The maximum Gasteiger partial charge on any atom is 0.353 e. The van der Waals surface area contributed by atoms with E-state index in [1.807, 2.05) is 32.0 Å². The van der Waals surface area contributed by atoms with E-state index >= 15 is 0 Å². The van der Waals surface area contributed by atoms with Gasteiger partial charge in [0.1, 0.15) is 11.2 Å². The molecule has 3 aliphatic heterocycles. The molecule has 0 radical (unpaired) electrons. The Morgan fingerprint density at radius 2 is 1.68 bits per heavy atom. The molecule has 0 bridgehead atoms. The number of aromatic nitrogens is 1. The second-order valence-corrected chi connectivity index (χ2v) is 11.5. The number of hydrogen-bond donors (Lipinski definition) is 4. The average molecular weight is 638 g/mol. The van der Waals surface area contributed by atoms with Gasteiger partial charge in [-0.3, -0.25) is 4.99 Å². The number of aryl methyl sites for hydroxylation is 2. The molecule has 4 aliphatic rings. The smallest absolute Gasteiger partial charge is 0.353 e. The van der Waals surface area contributed by atoms with Crippen molar-refractivity contribution in [3.63, 3.8) is 0 Å². The quantitative estimate of drug-likeness (QED) is 0.0923. The molecule has 3 aromatic carbocycles. The summed E-state index contributed by atoms with van der Waals surface area (Å²) in [5.74, 6) is 7.03. The molecule has 3 aromatic rings. The molecule has 1 aliphatic carbocycles. The predicted octanol–water partition coefficient (Wildman–Crippen LogP) is 6.66. The van der Waals surface area contributed by atoms with Gasteiger partial charge in [-0.1, -0.05) is 0 Å². The predicted molar refractivity (Wildman–Crippen MR) is 190 cm³/mol. The normalized spacial score (nSPS) is 13.0. The average Bonchev–Trinajstić information content (AvgIpc) is 3.74. The molecule has 0 atom stereocenters. The number of phenols is 1. The molecule has 0 aromatic heterocycles. The first kappa shape index (κ1) is 33.3. The summed E-state index contributed by atoms with van der Waals surface area (Å²) in [6.45, 7) is 18.2. The number of nitrogens with two attached hydrogens (primary N) is 1. The summed E-state index contributed by atoms with van der Waals surface area (Å²) in [4.78, 5) is 16.0. The van der Waals surface area contributed by atoms with Crippen molar-refractivity contribution >= 4 is 35.0 Å².